The lowest BCUT2D eigenvalue weighted by Gasteiger charge is -2.10. The highest BCUT2D eigenvalue weighted by Crippen LogP contribution is 2.23. The van der Waals surface area contributed by atoms with Gasteiger partial charge in [0.15, 0.2) is 10.8 Å². The Kier molecular flexibility index (Phi) is 3.87. The molecular weight excluding hydrogens is 288 g/mol. The van der Waals surface area contributed by atoms with Crippen LogP contribution in [-0.2, 0) is 10.0 Å². The van der Waals surface area contributed by atoms with Crippen molar-refractivity contribution in [2.45, 2.75) is 5.03 Å². The molecule has 2 rings (SSSR count). The lowest BCUT2D eigenvalue weighted by molar-refractivity contribution is 0.598. The Hall–Kier alpha value is -1.86. The van der Waals surface area contributed by atoms with Gasteiger partial charge in [-0.2, -0.15) is 8.42 Å². The smallest absolute Gasteiger partial charge is 0.282 e. The van der Waals surface area contributed by atoms with Gasteiger partial charge in [0.1, 0.15) is 0 Å². The van der Waals surface area contributed by atoms with E-state index in [4.69, 9.17) is 11.6 Å². The van der Waals surface area contributed by atoms with Crippen molar-refractivity contribution >= 4 is 33.1 Å². The monoisotopic (exact) mass is 298 g/mol. The molecule has 8 heteroatoms. The molecule has 0 aliphatic rings. The summed E-state index contributed by atoms with van der Waals surface area (Å²) in [6.45, 7) is 0. The van der Waals surface area contributed by atoms with Gasteiger partial charge in [0.25, 0.3) is 10.0 Å². The molecule has 0 unspecified atom stereocenters. The predicted octanol–water partition coefficient (Wildman–Crippen LogP) is 1.97. The molecule has 6 nitrogen and oxygen atoms in total. The molecule has 0 atom stereocenters. The van der Waals surface area contributed by atoms with Gasteiger partial charge in [-0.25, -0.2) is 9.97 Å². The molecule has 0 spiro atoms. The molecule has 2 aromatic rings. The Morgan fingerprint density at radius 2 is 1.84 bits per heavy atom. The van der Waals surface area contributed by atoms with Crippen LogP contribution in [0.15, 0.2) is 41.7 Å². The van der Waals surface area contributed by atoms with Gasteiger partial charge in [0.2, 0.25) is 0 Å². The van der Waals surface area contributed by atoms with Crippen LogP contribution in [0, 0.1) is 0 Å². The zero-order valence-electron chi connectivity index (χ0n) is 9.96. The molecule has 0 aromatic carbocycles. The Labute approximate surface area is 115 Å². The molecule has 0 aliphatic heterocycles. The summed E-state index contributed by atoms with van der Waals surface area (Å²) < 4.78 is 26.7. The first kappa shape index (κ1) is 13.6. The van der Waals surface area contributed by atoms with Crippen LogP contribution >= 0.6 is 11.6 Å². The molecule has 2 N–H and O–H groups in total. The number of sulfonamides is 1. The van der Waals surface area contributed by atoms with Gasteiger partial charge in [0.05, 0.1) is 10.7 Å². The first-order valence-corrected chi connectivity index (χ1v) is 7.17. The Morgan fingerprint density at radius 1 is 1.16 bits per heavy atom. The number of nitrogens with one attached hydrogen (secondary N) is 2. The molecule has 19 heavy (non-hydrogen) atoms. The highest BCUT2D eigenvalue weighted by molar-refractivity contribution is 7.92. The van der Waals surface area contributed by atoms with Crippen molar-refractivity contribution in [3.63, 3.8) is 0 Å². The maximum absolute atomic E-state index is 12.2. The summed E-state index contributed by atoms with van der Waals surface area (Å²) in [6.07, 6.45) is 2.84. The number of rotatable bonds is 4. The number of nitrogens with zero attached hydrogens (tertiary/aromatic N) is 2. The molecule has 0 saturated heterocycles. The molecule has 2 aromatic heterocycles. The largest absolute Gasteiger partial charge is 0.386 e. The van der Waals surface area contributed by atoms with Crippen molar-refractivity contribution in [3.8, 4) is 0 Å². The lowest BCUT2D eigenvalue weighted by atomic mass is 10.4. The van der Waals surface area contributed by atoms with Crippen LogP contribution in [0.3, 0.4) is 0 Å². The summed E-state index contributed by atoms with van der Waals surface area (Å²) in [5.74, 6) is 0.0665. The van der Waals surface area contributed by atoms with Crippen LogP contribution < -0.4 is 10.0 Å². The summed E-state index contributed by atoms with van der Waals surface area (Å²) in [6, 6.07) is 6.41. The van der Waals surface area contributed by atoms with Crippen LogP contribution in [0.1, 0.15) is 0 Å². The summed E-state index contributed by atoms with van der Waals surface area (Å²) in [7, 11) is -2.23. The van der Waals surface area contributed by atoms with Gasteiger partial charge in [-0.15, -0.1) is 0 Å². The van der Waals surface area contributed by atoms with E-state index in [1.807, 2.05) is 0 Å². The van der Waals surface area contributed by atoms with Crippen molar-refractivity contribution in [3.05, 3.63) is 41.7 Å². The fourth-order valence-corrected chi connectivity index (χ4v) is 2.83. The van der Waals surface area contributed by atoms with Crippen LogP contribution in [0.4, 0.5) is 11.5 Å². The summed E-state index contributed by atoms with van der Waals surface area (Å²) >= 11 is 5.87. The molecule has 0 saturated carbocycles. The van der Waals surface area contributed by atoms with Crippen molar-refractivity contribution in [2.24, 2.45) is 0 Å². The molecule has 0 fully saturated rings. The topological polar surface area (TPSA) is 84.0 Å². The minimum absolute atomic E-state index is 0.0665. The van der Waals surface area contributed by atoms with Crippen molar-refractivity contribution in [1.82, 2.24) is 9.97 Å². The van der Waals surface area contributed by atoms with E-state index in [1.54, 1.807) is 31.3 Å². The van der Waals surface area contributed by atoms with E-state index >= 15 is 0 Å². The Morgan fingerprint density at radius 3 is 2.53 bits per heavy atom. The normalized spacial score (nSPS) is 11.1. The maximum Gasteiger partial charge on any atom is 0.282 e. The van der Waals surface area contributed by atoms with Gasteiger partial charge in [0, 0.05) is 19.4 Å². The fourth-order valence-electron chi connectivity index (χ4n) is 1.43. The van der Waals surface area contributed by atoms with Crippen LogP contribution in [0.2, 0.25) is 5.02 Å². The molecule has 0 bridgehead atoms. The summed E-state index contributed by atoms with van der Waals surface area (Å²) in [5.41, 5.74) is 0.391. The number of pyridine rings is 2. The summed E-state index contributed by atoms with van der Waals surface area (Å²) in [4.78, 5) is 7.74. The van der Waals surface area contributed by atoms with E-state index in [2.05, 4.69) is 20.0 Å². The third-order valence-electron chi connectivity index (χ3n) is 2.28. The molecule has 100 valence electrons. The standard InChI is InChI=1S/C11H11ClN4O2S/c1-13-9-5-3-7-15-11(9)19(17,18)16-10-8(12)4-2-6-14-10/h2-7,13H,1H3,(H,14,16). The van der Waals surface area contributed by atoms with E-state index in [0.29, 0.717) is 5.69 Å². The van der Waals surface area contributed by atoms with Crippen LogP contribution in [-0.4, -0.2) is 25.4 Å². The number of halogens is 1. The Bertz CT molecular complexity index is 691. The second-order valence-electron chi connectivity index (χ2n) is 3.55. The highest BCUT2D eigenvalue weighted by Gasteiger charge is 2.21. The maximum atomic E-state index is 12.2. The number of hydrogen-bond acceptors (Lipinski definition) is 5. The van der Waals surface area contributed by atoms with Crippen molar-refractivity contribution in [2.75, 3.05) is 17.1 Å². The zero-order chi connectivity index (χ0) is 13.9. The number of aromatic nitrogens is 2. The van der Waals surface area contributed by atoms with Crippen LogP contribution in [0.25, 0.3) is 0 Å². The zero-order valence-corrected chi connectivity index (χ0v) is 11.5. The molecule has 2 heterocycles. The first-order chi connectivity index (χ1) is 9.04. The van der Waals surface area contributed by atoms with E-state index in [1.165, 1.54) is 12.4 Å². The third kappa shape index (κ3) is 2.94. The SMILES string of the molecule is CNc1cccnc1S(=O)(=O)Nc1ncccc1Cl. The van der Waals surface area contributed by atoms with Crippen molar-refractivity contribution in [1.29, 1.82) is 0 Å². The predicted molar refractivity (Wildman–Crippen MR) is 73.8 cm³/mol. The van der Waals surface area contributed by atoms with E-state index in [9.17, 15) is 8.42 Å². The second-order valence-corrected chi connectivity index (χ2v) is 5.55. The minimum atomic E-state index is -3.85. The Balaban J connectivity index is 2.41. The fraction of sp³-hybridized carbons (Fsp3) is 0.0909. The molecular formula is C11H11ClN4O2S. The summed E-state index contributed by atoms with van der Waals surface area (Å²) in [5, 5.41) is 2.87. The number of anilines is 2. The van der Waals surface area contributed by atoms with Crippen molar-refractivity contribution < 1.29 is 8.42 Å². The average Bonchev–Trinajstić information content (AvgIpc) is 2.41. The first-order valence-electron chi connectivity index (χ1n) is 5.30. The highest BCUT2D eigenvalue weighted by atomic mass is 35.5. The van der Waals surface area contributed by atoms with Gasteiger partial charge in [-0.1, -0.05) is 11.6 Å². The van der Waals surface area contributed by atoms with Gasteiger partial charge in [-0.05, 0) is 24.3 Å². The third-order valence-corrected chi connectivity index (χ3v) is 3.89. The molecule has 0 radical (unpaired) electrons. The van der Waals surface area contributed by atoms with E-state index < -0.39 is 10.0 Å². The van der Waals surface area contributed by atoms with Gasteiger partial charge < -0.3 is 5.32 Å². The second kappa shape index (κ2) is 5.41. The number of hydrogen-bond donors (Lipinski definition) is 2. The van der Waals surface area contributed by atoms with Gasteiger partial charge >= 0.3 is 0 Å². The van der Waals surface area contributed by atoms with Crippen LogP contribution in [0.5, 0.6) is 0 Å². The molecule has 0 amide bonds. The van der Waals surface area contributed by atoms with Gasteiger partial charge in [-0.3, -0.25) is 4.72 Å². The quantitative estimate of drug-likeness (QED) is 0.901. The lowest BCUT2D eigenvalue weighted by Crippen LogP contribution is -2.17. The average molecular weight is 299 g/mol. The van der Waals surface area contributed by atoms with E-state index in [-0.39, 0.29) is 15.9 Å². The van der Waals surface area contributed by atoms with E-state index in [0.717, 1.165) is 0 Å². The minimum Gasteiger partial charge on any atom is -0.386 e. The molecule has 0 aliphatic carbocycles.